The Morgan fingerprint density at radius 2 is 1.81 bits per heavy atom. The largest absolute Gasteiger partial charge is 0.361 e. The van der Waals surface area contributed by atoms with Gasteiger partial charge in [-0.25, -0.2) is 4.99 Å². The van der Waals surface area contributed by atoms with E-state index in [1.807, 2.05) is 48.7 Å². The molecule has 2 N–H and O–H groups in total. The molecule has 6 nitrogen and oxygen atoms in total. The van der Waals surface area contributed by atoms with Crippen molar-refractivity contribution in [3.63, 3.8) is 0 Å². The van der Waals surface area contributed by atoms with Crippen molar-refractivity contribution < 1.29 is 9.59 Å². The van der Waals surface area contributed by atoms with E-state index >= 15 is 0 Å². The Morgan fingerprint density at radius 1 is 1.03 bits per heavy atom. The molecule has 1 aliphatic rings. The van der Waals surface area contributed by atoms with Crippen LogP contribution in [0.2, 0.25) is 5.02 Å². The maximum atomic E-state index is 13.0. The second-order valence-electron chi connectivity index (χ2n) is 7.51. The Bertz CT molecular complexity index is 1490. The third-order valence-corrected chi connectivity index (χ3v) is 6.00. The molecule has 1 aliphatic heterocycles. The number of aryl methyl sites for hydroxylation is 1. The average Bonchev–Trinajstić information content (AvgIpc) is 3.44. The third kappa shape index (κ3) is 3.37. The van der Waals surface area contributed by atoms with Crippen molar-refractivity contribution in [2.24, 2.45) is 4.99 Å². The van der Waals surface area contributed by atoms with E-state index in [4.69, 9.17) is 11.6 Å². The van der Waals surface area contributed by atoms with Crippen LogP contribution in [0.5, 0.6) is 0 Å². The van der Waals surface area contributed by atoms with Gasteiger partial charge in [-0.15, -0.1) is 0 Å². The molecule has 8 heteroatoms. The molecule has 32 heavy (non-hydrogen) atoms. The number of hydrogen-bond acceptors (Lipinski definition) is 4. The number of hydrogen-bond donors (Lipinski definition) is 2. The summed E-state index contributed by atoms with van der Waals surface area (Å²) in [6, 6.07) is 13.2. The van der Waals surface area contributed by atoms with Crippen LogP contribution in [0.3, 0.4) is 0 Å². The zero-order valence-corrected chi connectivity index (χ0v) is 18.4. The van der Waals surface area contributed by atoms with E-state index in [9.17, 15) is 9.59 Å². The number of aliphatic imine (C=N–C) groups is 1. The number of thiocarbonyl (C=S) groups is 1. The van der Waals surface area contributed by atoms with Gasteiger partial charge in [0.15, 0.2) is 0 Å². The topological polar surface area (TPSA) is 79.2 Å². The first kappa shape index (κ1) is 20.4. The summed E-state index contributed by atoms with van der Waals surface area (Å²) in [6.07, 6.45) is 4.44. The van der Waals surface area contributed by atoms with Crippen LogP contribution in [-0.4, -0.2) is 33.1 Å². The number of fused-ring (bicyclic) bond motifs is 2. The quantitative estimate of drug-likeness (QED) is 0.187. The van der Waals surface area contributed by atoms with Crippen LogP contribution < -0.4 is 5.32 Å². The Morgan fingerprint density at radius 3 is 2.62 bits per heavy atom. The number of nitrogens with zero attached hydrogens (tertiary/aromatic N) is 2. The zero-order valence-electron chi connectivity index (χ0n) is 16.8. The molecule has 0 saturated heterocycles. The van der Waals surface area contributed by atoms with Crippen molar-refractivity contribution in [2.75, 3.05) is 6.54 Å². The van der Waals surface area contributed by atoms with Gasteiger partial charge >= 0.3 is 0 Å². The number of aromatic nitrogens is 2. The molecule has 2 amide bonds. The molecule has 0 radical (unpaired) electrons. The summed E-state index contributed by atoms with van der Waals surface area (Å²) in [5.74, 6) is -0.826. The molecule has 3 heterocycles. The normalized spacial score (nSPS) is 13.8. The van der Waals surface area contributed by atoms with Crippen LogP contribution in [0.15, 0.2) is 59.9 Å². The lowest BCUT2D eigenvalue weighted by Crippen LogP contribution is -2.22. The molecule has 0 unspecified atom stereocenters. The monoisotopic (exact) mass is 460 g/mol. The first-order valence-electron chi connectivity index (χ1n) is 10.1. The van der Waals surface area contributed by atoms with Gasteiger partial charge in [0.05, 0.1) is 22.9 Å². The molecule has 0 aliphatic carbocycles. The van der Waals surface area contributed by atoms with Crippen molar-refractivity contribution in [3.05, 3.63) is 71.0 Å². The summed E-state index contributed by atoms with van der Waals surface area (Å²) in [5, 5.41) is 7.10. The van der Waals surface area contributed by atoms with Crippen molar-refractivity contribution in [3.8, 4) is 0 Å². The summed E-state index contributed by atoms with van der Waals surface area (Å²) in [7, 11) is 0. The van der Waals surface area contributed by atoms with Gasteiger partial charge in [0.1, 0.15) is 0 Å². The second-order valence-corrected chi connectivity index (χ2v) is 8.12. The summed E-state index contributed by atoms with van der Waals surface area (Å²) < 4.78 is 2.05. The van der Waals surface area contributed by atoms with Gasteiger partial charge in [-0.3, -0.25) is 14.9 Å². The lowest BCUT2D eigenvalue weighted by atomic mass is 9.95. The van der Waals surface area contributed by atoms with Crippen molar-refractivity contribution in [2.45, 2.75) is 13.0 Å². The average molecular weight is 461 g/mol. The first-order valence-corrected chi connectivity index (χ1v) is 10.9. The molecule has 4 aromatic rings. The van der Waals surface area contributed by atoms with Crippen molar-refractivity contribution in [1.29, 1.82) is 0 Å². The van der Waals surface area contributed by atoms with Crippen LogP contribution in [0.4, 0.5) is 0 Å². The molecular weight excluding hydrogens is 444 g/mol. The van der Waals surface area contributed by atoms with E-state index in [0.29, 0.717) is 40.4 Å². The smallest absolute Gasteiger partial charge is 0.259 e. The molecule has 0 fully saturated rings. The molecular formula is C24H17ClN4O2S. The lowest BCUT2D eigenvalue weighted by Gasteiger charge is -2.03. The molecule has 2 aromatic heterocycles. The lowest BCUT2D eigenvalue weighted by molar-refractivity contribution is -0.122. The standard InChI is InChI=1S/C24H17ClN4O2S/c25-14-6-7-20-16(10-14)18(12-29(20)9-3-8-26-13-32)22-21(23(30)28-24(22)31)17-11-27-19-5-2-1-4-15(17)19/h1-2,4-7,10-12,27H,3,8-9H2,(H,28,30,31). The molecule has 0 spiro atoms. The maximum Gasteiger partial charge on any atom is 0.259 e. The van der Waals surface area contributed by atoms with E-state index in [-0.39, 0.29) is 0 Å². The SMILES string of the molecule is O=C1NC(=O)C(c2cn(CCCN=C=S)c3ccc(Cl)cc23)=C1c1c[nH]c2ccccc12. The third-order valence-electron chi connectivity index (χ3n) is 5.64. The summed E-state index contributed by atoms with van der Waals surface area (Å²) in [6.45, 7) is 1.23. The molecule has 0 bridgehead atoms. The maximum absolute atomic E-state index is 13.0. The van der Waals surface area contributed by atoms with Gasteiger partial charge in [0, 0.05) is 56.9 Å². The minimum Gasteiger partial charge on any atom is -0.361 e. The number of isothiocyanates is 1. The van der Waals surface area contributed by atoms with E-state index in [0.717, 1.165) is 28.2 Å². The number of halogens is 1. The van der Waals surface area contributed by atoms with Crippen molar-refractivity contribution >= 4 is 73.7 Å². The van der Waals surface area contributed by atoms with Crippen LogP contribution in [-0.2, 0) is 16.1 Å². The van der Waals surface area contributed by atoms with Gasteiger partial charge in [0.2, 0.25) is 0 Å². The molecule has 0 saturated carbocycles. The fourth-order valence-electron chi connectivity index (χ4n) is 4.27. The van der Waals surface area contributed by atoms with Gasteiger partial charge in [0.25, 0.3) is 11.8 Å². The van der Waals surface area contributed by atoms with Crippen LogP contribution >= 0.6 is 23.8 Å². The minimum absolute atomic E-state index is 0.350. The number of imide groups is 1. The highest BCUT2D eigenvalue weighted by Crippen LogP contribution is 2.38. The predicted octanol–water partition coefficient (Wildman–Crippen LogP) is 4.84. The molecule has 5 rings (SSSR count). The zero-order chi connectivity index (χ0) is 22.2. The predicted molar refractivity (Wildman–Crippen MR) is 130 cm³/mol. The number of rotatable bonds is 6. The summed E-state index contributed by atoms with van der Waals surface area (Å²) in [5.41, 5.74) is 3.89. The fraction of sp³-hybridized carbons (Fsp3) is 0.125. The minimum atomic E-state index is -0.417. The number of benzene rings is 2. The molecule has 2 aromatic carbocycles. The number of aromatic amines is 1. The van der Waals surface area contributed by atoms with Gasteiger partial charge in [-0.1, -0.05) is 29.8 Å². The fourth-order valence-corrected chi connectivity index (χ4v) is 4.53. The van der Waals surface area contributed by atoms with E-state index in [1.165, 1.54) is 0 Å². The van der Waals surface area contributed by atoms with Crippen molar-refractivity contribution in [1.82, 2.24) is 14.9 Å². The summed E-state index contributed by atoms with van der Waals surface area (Å²) in [4.78, 5) is 33.0. The van der Waals surface area contributed by atoms with Crippen LogP contribution in [0.25, 0.3) is 33.0 Å². The van der Waals surface area contributed by atoms with E-state index in [2.05, 4.69) is 37.2 Å². The number of nitrogens with one attached hydrogen (secondary N) is 2. The summed E-state index contributed by atoms with van der Waals surface area (Å²) >= 11 is 10.9. The van der Waals surface area contributed by atoms with E-state index < -0.39 is 11.8 Å². The molecule has 0 atom stereocenters. The Labute approximate surface area is 193 Å². The molecule has 158 valence electrons. The number of H-pyrrole nitrogens is 1. The number of carbonyl (C=O) groups excluding carboxylic acids is 2. The Hall–Kier alpha value is -3.51. The van der Waals surface area contributed by atoms with Crippen LogP contribution in [0, 0.1) is 0 Å². The van der Waals surface area contributed by atoms with E-state index in [1.54, 1.807) is 6.20 Å². The number of carbonyl (C=O) groups is 2. The van der Waals surface area contributed by atoms with Crippen LogP contribution in [0.1, 0.15) is 17.5 Å². The highest BCUT2D eigenvalue weighted by atomic mass is 35.5. The van der Waals surface area contributed by atoms with Gasteiger partial charge in [-0.2, -0.15) is 0 Å². The number of amides is 2. The highest BCUT2D eigenvalue weighted by molar-refractivity contribution is 7.78. The Balaban J connectivity index is 1.73. The number of para-hydroxylation sites is 1. The second kappa shape index (κ2) is 8.20. The first-order chi connectivity index (χ1) is 15.6. The highest BCUT2D eigenvalue weighted by Gasteiger charge is 2.35. The Kier molecular flexibility index (Phi) is 5.23. The van der Waals surface area contributed by atoms with Gasteiger partial charge < -0.3 is 9.55 Å². The van der Waals surface area contributed by atoms with Gasteiger partial charge in [-0.05, 0) is 42.9 Å².